The Morgan fingerprint density at radius 2 is 2.21 bits per heavy atom. The van der Waals surface area contributed by atoms with Crippen LogP contribution in [0.5, 0.6) is 0 Å². The van der Waals surface area contributed by atoms with Gasteiger partial charge in [-0.15, -0.1) is 0 Å². The summed E-state index contributed by atoms with van der Waals surface area (Å²) in [5, 5.41) is 2.59. The second kappa shape index (κ2) is 6.60. The van der Waals surface area contributed by atoms with Gasteiger partial charge in [-0.05, 0) is 19.1 Å². The van der Waals surface area contributed by atoms with Crippen molar-refractivity contribution in [3.05, 3.63) is 30.1 Å². The number of nitrogens with one attached hydrogen (secondary N) is 2. The van der Waals surface area contributed by atoms with E-state index in [-0.39, 0.29) is 18.4 Å². The highest BCUT2D eigenvalue weighted by molar-refractivity contribution is 5.86. The summed E-state index contributed by atoms with van der Waals surface area (Å²) in [4.78, 5) is 33.8. The number of carbonyl (C=O) groups is 2. The van der Waals surface area contributed by atoms with Crippen molar-refractivity contribution in [3.8, 4) is 0 Å². The standard InChI is InChI=1S/C17H22N4O3/c1-17(16(23)18-2)11-21(9-10-24-17)15(22)8-7-14-19-12-5-3-4-6-13(12)20-14/h3-6H,7-11H2,1-2H3,(H,18,23)(H,19,20)/t17-/m0/s1. The molecule has 3 rings (SSSR count). The molecule has 1 aliphatic rings. The van der Waals surface area contributed by atoms with E-state index in [1.165, 1.54) is 0 Å². The summed E-state index contributed by atoms with van der Waals surface area (Å²) < 4.78 is 5.58. The molecule has 2 amide bonds. The quantitative estimate of drug-likeness (QED) is 0.870. The van der Waals surface area contributed by atoms with Crippen molar-refractivity contribution in [1.82, 2.24) is 20.2 Å². The highest BCUT2D eigenvalue weighted by atomic mass is 16.5. The number of rotatable bonds is 4. The topological polar surface area (TPSA) is 87.3 Å². The molecule has 2 N–H and O–H groups in total. The van der Waals surface area contributed by atoms with Gasteiger partial charge in [-0.3, -0.25) is 9.59 Å². The zero-order chi connectivity index (χ0) is 17.2. The van der Waals surface area contributed by atoms with Gasteiger partial charge in [0.2, 0.25) is 5.91 Å². The Labute approximate surface area is 140 Å². The SMILES string of the molecule is CNC(=O)[C@]1(C)CN(C(=O)CCc2nc3ccccc3[nH]2)CCO1. The molecule has 0 unspecified atom stereocenters. The van der Waals surface area contributed by atoms with E-state index >= 15 is 0 Å². The monoisotopic (exact) mass is 330 g/mol. The molecule has 1 aliphatic heterocycles. The summed E-state index contributed by atoms with van der Waals surface area (Å²) in [7, 11) is 1.57. The number of ether oxygens (including phenoxy) is 1. The van der Waals surface area contributed by atoms with E-state index in [2.05, 4.69) is 15.3 Å². The summed E-state index contributed by atoms with van der Waals surface area (Å²) >= 11 is 0. The van der Waals surface area contributed by atoms with Crippen molar-refractivity contribution in [2.24, 2.45) is 0 Å². The maximum atomic E-state index is 12.5. The summed E-state index contributed by atoms with van der Waals surface area (Å²) in [6, 6.07) is 7.78. The number of hydrogen-bond acceptors (Lipinski definition) is 4. The van der Waals surface area contributed by atoms with Gasteiger partial charge in [-0.2, -0.15) is 0 Å². The number of morpholine rings is 1. The molecule has 7 nitrogen and oxygen atoms in total. The van der Waals surface area contributed by atoms with Gasteiger partial charge in [-0.1, -0.05) is 12.1 Å². The zero-order valence-corrected chi connectivity index (χ0v) is 14.0. The van der Waals surface area contributed by atoms with Crippen LogP contribution in [-0.2, 0) is 20.7 Å². The maximum absolute atomic E-state index is 12.5. The van der Waals surface area contributed by atoms with Crippen molar-refractivity contribution in [2.45, 2.75) is 25.4 Å². The van der Waals surface area contributed by atoms with Gasteiger partial charge in [-0.25, -0.2) is 4.98 Å². The van der Waals surface area contributed by atoms with Crippen LogP contribution in [0.15, 0.2) is 24.3 Å². The van der Waals surface area contributed by atoms with Gasteiger partial charge in [0.25, 0.3) is 5.91 Å². The van der Waals surface area contributed by atoms with Crippen LogP contribution in [0.2, 0.25) is 0 Å². The Morgan fingerprint density at radius 1 is 1.42 bits per heavy atom. The van der Waals surface area contributed by atoms with Crippen molar-refractivity contribution in [3.63, 3.8) is 0 Å². The molecule has 1 aromatic carbocycles. The smallest absolute Gasteiger partial charge is 0.253 e. The van der Waals surface area contributed by atoms with E-state index in [1.54, 1.807) is 18.9 Å². The summed E-state index contributed by atoms with van der Waals surface area (Å²) in [6.45, 7) is 2.85. The Hall–Kier alpha value is -2.41. The number of para-hydroxylation sites is 2. The van der Waals surface area contributed by atoms with Crippen LogP contribution < -0.4 is 5.32 Å². The van der Waals surface area contributed by atoms with Crippen molar-refractivity contribution in [1.29, 1.82) is 0 Å². The molecule has 1 fully saturated rings. The van der Waals surface area contributed by atoms with Gasteiger partial charge in [0.05, 0.1) is 24.2 Å². The molecule has 1 atom stereocenters. The van der Waals surface area contributed by atoms with E-state index in [0.29, 0.717) is 26.0 Å². The number of amides is 2. The van der Waals surface area contributed by atoms with Crippen LogP contribution >= 0.6 is 0 Å². The third kappa shape index (κ3) is 3.26. The van der Waals surface area contributed by atoms with E-state index in [4.69, 9.17) is 4.74 Å². The van der Waals surface area contributed by atoms with Crippen LogP contribution in [0.1, 0.15) is 19.2 Å². The van der Waals surface area contributed by atoms with Gasteiger partial charge in [0, 0.05) is 26.4 Å². The fourth-order valence-electron chi connectivity index (χ4n) is 2.99. The molecule has 1 saturated heterocycles. The number of benzene rings is 1. The Bertz CT molecular complexity index is 724. The minimum absolute atomic E-state index is 0.00823. The van der Waals surface area contributed by atoms with Crippen LogP contribution in [-0.4, -0.2) is 59.0 Å². The highest BCUT2D eigenvalue weighted by Crippen LogP contribution is 2.19. The van der Waals surface area contributed by atoms with Crippen LogP contribution in [0, 0.1) is 0 Å². The van der Waals surface area contributed by atoms with E-state index < -0.39 is 5.60 Å². The molecule has 0 radical (unpaired) electrons. The Morgan fingerprint density at radius 3 is 2.96 bits per heavy atom. The summed E-state index contributed by atoms with van der Waals surface area (Å²) in [5.74, 6) is 0.595. The van der Waals surface area contributed by atoms with Gasteiger partial charge in [0.1, 0.15) is 5.82 Å². The predicted octanol–water partition coefficient (Wildman–Crippen LogP) is 0.859. The van der Waals surface area contributed by atoms with Crippen molar-refractivity contribution in [2.75, 3.05) is 26.7 Å². The third-order valence-electron chi connectivity index (χ3n) is 4.35. The van der Waals surface area contributed by atoms with Crippen molar-refractivity contribution < 1.29 is 14.3 Å². The number of hydrogen-bond donors (Lipinski definition) is 2. The Balaban J connectivity index is 1.61. The van der Waals surface area contributed by atoms with E-state index in [9.17, 15) is 9.59 Å². The van der Waals surface area contributed by atoms with Gasteiger partial charge in [0.15, 0.2) is 5.60 Å². The molecule has 0 aliphatic carbocycles. The van der Waals surface area contributed by atoms with Crippen LogP contribution in [0.25, 0.3) is 11.0 Å². The summed E-state index contributed by atoms with van der Waals surface area (Å²) in [6.07, 6.45) is 0.894. The average Bonchev–Trinajstić information content (AvgIpc) is 3.01. The first-order valence-corrected chi connectivity index (χ1v) is 8.09. The second-order valence-corrected chi connectivity index (χ2v) is 6.17. The number of aromatic amines is 1. The number of likely N-dealkylation sites (N-methyl/N-ethyl adjacent to an activating group) is 1. The molecule has 128 valence electrons. The minimum Gasteiger partial charge on any atom is -0.362 e. The van der Waals surface area contributed by atoms with Gasteiger partial charge < -0.3 is 19.9 Å². The lowest BCUT2D eigenvalue weighted by Crippen LogP contribution is -2.58. The molecular formula is C17H22N4O3. The number of carbonyl (C=O) groups excluding carboxylic acids is 2. The number of aryl methyl sites for hydroxylation is 1. The lowest BCUT2D eigenvalue weighted by atomic mass is 10.0. The first-order chi connectivity index (χ1) is 11.5. The highest BCUT2D eigenvalue weighted by Gasteiger charge is 2.39. The molecule has 2 aromatic rings. The third-order valence-corrected chi connectivity index (χ3v) is 4.35. The fourth-order valence-corrected chi connectivity index (χ4v) is 2.99. The fraction of sp³-hybridized carbons (Fsp3) is 0.471. The summed E-state index contributed by atoms with van der Waals surface area (Å²) in [5.41, 5.74) is 0.888. The van der Waals surface area contributed by atoms with Crippen LogP contribution in [0.4, 0.5) is 0 Å². The van der Waals surface area contributed by atoms with Gasteiger partial charge >= 0.3 is 0 Å². The Kier molecular flexibility index (Phi) is 4.53. The van der Waals surface area contributed by atoms with E-state index in [0.717, 1.165) is 16.9 Å². The molecule has 0 spiro atoms. The normalized spacial score (nSPS) is 21.0. The lowest BCUT2D eigenvalue weighted by Gasteiger charge is -2.39. The second-order valence-electron chi connectivity index (χ2n) is 6.17. The molecule has 1 aromatic heterocycles. The maximum Gasteiger partial charge on any atom is 0.253 e. The minimum atomic E-state index is -0.984. The van der Waals surface area contributed by atoms with E-state index in [1.807, 2.05) is 24.3 Å². The predicted molar refractivity (Wildman–Crippen MR) is 89.4 cm³/mol. The molecule has 7 heteroatoms. The molecule has 24 heavy (non-hydrogen) atoms. The van der Waals surface area contributed by atoms with Crippen LogP contribution in [0.3, 0.4) is 0 Å². The number of fused-ring (bicyclic) bond motifs is 1. The number of imidazole rings is 1. The zero-order valence-electron chi connectivity index (χ0n) is 14.0. The molecule has 0 saturated carbocycles. The largest absolute Gasteiger partial charge is 0.362 e. The lowest BCUT2D eigenvalue weighted by molar-refractivity contribution is -0.162. The molecule has 2 heterocycles. The van der Waals surface area contributed by atoms with Crippen molar-refractivity contribution >= 4 is 22.8 Å². The average molecular weight is 330 g/mol. The number of aromatic nitrogens is 2. The first-order valence-electron chi connectivity index (χ1n) is 8.09. The molecule has 0 bridgehead atoms. The number of nitrogens with zero attached hydrogens (tertiary/aromatic N) is 2. The molecular weight excluding hydrogens is 308 g/mol. The number of H-pyrrole nitrogens is 1. The first kappa shape index (κ1) is 16.4.